The number of nitrogens with zero attached hydrogens (tertiary/aromatic N) is 1. The number of nitrogens with one attached hydrogen (secondary N) is 1. The van der Waals surface area contributed by atoms with Gasteiger partial charge >= 0.3 is 0 Å². The van der Waals surface area contributed by atoms with Crippen LogP contribution in [0.4, 0.5) is 11.5 Å². The summed E-state index contributed by atoms with van der Waals surface area (Å²) in [5.41, 5.74) is 6.41. The number of halogens is 1. The van der Waals surface area contributed by atoms with Gasteiger partial charge in [0, 0.05) is 5.54 Å². The molecule has 1 aromatic rings. The summed E-state index contributed by atoms with van der Waals surface area (Å²) < 4.78 is 0. The van der Waals surface area contributed by atoms with E-state index in [1.54, 1.807) is 12.3 Å². The standard InChI is InChI=1S/C11H16ClN3/c1-2-11(4-3-5-11)15-10-9(12)6-8(13)7-14-10/h6-7H,2-5,13H2,1H3,(H,14,15). The lowest BCUT2D eigenvalue weighted by atomic mass is 9.75. The fourth-order valence-electron chi connectivity index (χ4n) is 1.97. The molecule has 82 valence electrons. The van der Waals surface area contributed by atoms with Gasteiger partial charge in [0.1, 0.15) is 5.82 Å². The Hall–Kier alpha value is -0.960. The smallest absolute Gasteiger partial charge is 0.145 e. The first-order chi connectivity index (χ1) is 7.15. The average Bonchev–Trinajstić information content (AvgIpc) is 2.14. The zero-order valence-electron chi connectivity index (χ0n) is 8.89. The number of anilines is 2. The molecule has 0 unspecified atom stereocenters. The highest BCUT2D eigenvalue weighted by molar-refractivity contribution is 6.33. The Morgan fingerprint density at radius 3 is 2.80 bits per heavy atom. The number of hydrogen-bond donors (Lipinski definition) is 2. The molecule has 0 radical (unpaired) electrons. The third-order valence-electron chi connectivity index (χ3n) is 3.23. The van der Waals surface area contributed by atoms with E-state index in [1.807, 2.05) is 0 Å². The maximum absolute atomic E-state index is 6.07. The summed E-state index contributed by atoms with van der Waals surface area (Å²) in [6.07, 6.45) is 6.43. The quantitative estimate of drug-likeness (QED) is 0.831. The van der Waals surface area contributed by atoms with Crippen LogP contribution >= 0.6 is 11.6 Å². The number of aromatic nitrogens is 1. The van der Waals surface area contributed by atoms with E-state index in [4.69, 9.17) is 17.3 Å². The highest BCUT2D eigenvalue weighted by Crippen LogP contribution is 2.38. The molecule has 0 amide bonds. The van der Waals surface area contributed by atoms with Gasteiger partial charge in [0.15, 0.2) is 0 Å². The van der Waals surface area contributed by atoms with E-state index in [0.29, 0.717) is 10.7 Å². The SMILES string of the molecule is CCC1(Nc2ncc(N)cc2Cl)CCC1. The Morgan fingerprint density at radius 2 is 2.33 bits per heavy atom. The minimum absolute atomic E-state index is 0.215. The molecule has 1 aliphatic rings. The molecular weight excluding hydrogens is 210 g/mol. The first-order valence-corrected chi connectivity index (χ1v) is 5.72. The van der Waals surface area contributed by atoms with E-state index in [9.17, 15) is 0 Å². The molecule has 1 fully saturated rings. The van der Waals surface area contributed by atoms with Crippen LogP contribution in [-0.4, -0.2) is 10.5 Å². The molecular formula is C11H16ClN3. The van der Waals surface area contributed by atoms with Crippen LogP contribution in [0, 0.1) is 0 Å². The monoisotopic (exact) mass is 225 g/mol. The third-order valence-corrected chi connectivity index (χ3v) is 3.52. The molecule has 0 atom stereocenters. The summed E-state index contributed by atoms with van der Waals surface area (Å²) in [6.45, 7) is 2.19. The molecule has 0 spiro atoms. The summed E-state index contributed by atoms with van der Waals surface area (Å²) in [5.74, 6) is 0.757. The van der Waals surface area contributed by atoms with E-state index in [-0.39, 0.29) is 5.54 Å². The van der Waals surface area contributed by atoms with E-state index in [1.165, 1.54) is 19.3 Å². The van der Waals surface area contributed by atoms with Crippen LogP contribution in [0.1, 0.15) is 32.6 Å². The molecule has 1 heterocycles. The Bertz CT molecular complexity index is 355. The van der Waals surface area contributed by atoms with E-state index in [2.05, 4.69) is 17.2 Å². The fourth-order valence-corrected chi connectivity index (χ4v) is 2.19. The molecule has 2 rings (SSSR count). The van der Waals surface area contributed by atoms with Gasteiger partial charge in [-0.2, -0.15) is 0 Å². The topological polar surface area (TPSA) is 50.9 Å². The lowest BCUT2D eigenvalue weighted by Crippen LogP contribution is -2.44. The maximum atomic E-state index is 6.07. The highest BCUT2D eigenvalue weighted by atomic mass is 35.5. The summed E-state index contributed by atoms with van der Waals surface area (Å²) in [6, 6.07) is 1.74. The zero-order valence-corrected chi connectivity index (χ0v) is 9.64. The van der Waals surface area contributed by atoms with Gasteiger partial charge in [-0.1, -0.05) is 18.5 Å². The molecule has 0 aromatic carbocycles. The molecule has 0 aliphatic heterocycles. The Morgan fingerprint density at radius 1 is 1.60 bits per heavy atom. The number of pyridine rings is 1. The first-order valence-electron chi connectivity index (χ1n) is 5.34. The van der Waals surface area contributed by atoms with Crippen molar-refractivity contribution in [3.63, 3.8) is 0 Å². The van der Waals surface area contributed by atoms with Crippen LogP contribution in [-0.2, 0) is 0 Å². The lowest BCUT2D eigenvalue weighted by molar-refractivity contribution is 0.269. The van der Waals surface area contributed by atoms with Crippen molar-refractivity contribution in [2.75, 3.05) is 11.1 Å². The minimum Gasteiger partial charge on any atom is -0.397 e. The number of rotatable bonds is 3. The Balaban J connectivity index is 2.16. The second kappa shape index (κ2) is 3.89. The lowest BCUT2D eigenvalue weighted by Gasteiger charge is -2.42. The van der Waals surface area contributed by atoms with Crippen molar-refractivity contribution in [2.24, 2.45) is 0 Å². The summed E-state index contributed by atoms with van der Waals surface area (Å²) >= 11 is 6.07. The second-order valence-corrected chi connectivity index (χ2v) is 4.62. The van der Waals surface area contributed by atoms with Gasteiger partial charge in [0.2, 0.25) is 0 Å². The summed E-state index contributed by atoms with van der Waals surface area (Å²) in [7, 11) is 0. The van der Waals surface area contributed by atoms with Gasteiger partial charge in [0.05, 0.1) is 16.9 Å². The van der Waals surface area contributed by atoms with Crippen LogP contribution in [0.15, 0.2) is 12.3 Å². The van der Waals surface area contributed by atoms with Crippen LogP contribution < -0.4 is 11.1 Å². The van der Waals surface area contributed by atoms with Crippen molar-refractivity contribution in [3.05, 3.63) is 17.3 Å². The predicted molar refractivity (Wildman–Crippen MR) is 64.2 cm³/mol. The molecule has 3 N–H and O–H groups in total. The molecule has 1 aliphatic carbocycles. The minimum atomic E-state index is 0.215. The van der Waals surface area contributed by atoms with E-state index >= 15 is 0 Å². The van der Waals surface area contributed by atoms with Crippen molar-refractivity contribution in [2.45, 2.75) is 38.1 Å². The molecule has 1 aromatic heterocycles. The van der Waals surface area contributed by atoms with Gasteiger partial charge in [-0.3, -0.25) is 0 Å². The van der Waals surface area contributed by atoms with E-state index in [0.717, 1.165) is 12.2 Å². The van der Waals surface area contributed by atoms with Crippen molar-refractivity contribution >= 4 is 23.1 Å². The van der Waals surface area contributed by atoms with Crippen molar-refractivity contribution in [1.29, 1.82) is 0 Å². The molecule has 0 saturated heterocycles. The largest absolute Gasteiger partial charge is 0.397 e. The fraction of sp³-hybridized carbons (Fsp3) is 0.545. The van der Waals surface area contributed by atoms with Gasteiger partial charge in [0.25, 0.3) is 0 Å². The zero-order chi connectivity index (χ0) is 10.9. The van der Waals surface area contributed by atoms with Gasteiger partial charge in [-0.15, -0.1) is 0 Å². The van der Waals surface area contributed by atoms with Crippen LogP contribution in [0.2, 0.25) is 5.02 Å². The van der Waals surface area contributed by atoms with Crippen molar-refractivity contribution < 1.29 is 0 Å². The Labute approximate surface area is 95.0 Å². The van der Waals surface area contributed by atoms with Gasteiger partial charge < -0.3 is 11.1 Å². The third kappa shape index (κ3) is 2.02. The van der Waals surface area contributed by atoms with Crippen LogP contribution in [0.5, 0.6) is 0 Å². The van der Waals surface area contributed by atoms with Crippen LogP contribution in [0.3, 0.4) is 0 Å². The molecule has 1 saturated carbocycles. The molecule has 15 heavy (non-hydrogen) atoms. The van der Waals surface area contributed by atoms with Gasteiger partial charge in [-0.05, 0) is 31.7 Å². The first kappa shape index (κ1) is 10.6. The summed E-state index contributed by atoms with van der Waals surface area (Å²) in [4.78, 5) is 4.22. The molecule has 4 heteroatoms. The summed E-state index contributed by atoms with van der Waals surface area (Å²) in [5, 5.41) is 4.04. The number of nitrogens with two attached hydrogens (primary N) is 1. The van der Waals surface area contributed by atoms with Gasteiger partial charge in [-0.25, -0.2) is 4.98 Å². The van der Waals surface area contributed by atoms with Crippen LogP contribution in [0.25, 0.3) is 0 Å². The van der Waals surface area contributed by atoms with E-state index < -0.39 is 0 Å². The second-order valence-electron chi connectivity index (χ2n) is 4.21. The number of hydrogen-bond acceptors (Lipinski definition) is 3. The van der Waals surface area contributed by atoms with Crippen molar-refractivity contribution in [3.8, 4) is 0 Å². The molecule has 3 nitrogen and oxygen atoms in total. The highest BCUT2D eigenvalue weighted by Gasteiger charge is 2.35. The average molecular weight is 226 g/mol. The van der Waals surface area contributed by atoms with Crippen molar-refractivity contribution in [1.82, 2.24) is 4.98 Å². The molecule has 0 bridgehead atoms. The number of nitrogen functional groups attached to an aromatic ring is 1. The predicted octanol–water partition coefficient (Wildman–Crippen LogP) is 3.06. The normalized spacial score (nSPS) is 18.3. The Kier molecular flexibility index (Phi) is 2.74. The maximum Gasteiger partial charge on any atom is 0.145 e.